The Balaban J connectivity index is 1.60. The molecule has 1 fully saturated rings. The van der Waals surface area contributed by atoms with Gasteiger partial charge < -0.3 is 10.2 Å². The van der Waals surface area contributed by atoms with Crippen molar-refractivity contribution in [3.05, 3.63) is 48.2 Å². The monoisotopic (exact) mass is 463 g/mol. The second-order valence-electron chi connectivity index (χ2n) is 9.34. The molecule has 0 radical (unpaired) electrons. The van der Waals surface area contributed by atoms with Gasteiger partial charge >= 0.3 is 0 Å². The van der Waals surface area contributed by atoms with Crippen LogP contribution in [-0.4, -0.2) is 65.9 Å². The highest BCUT2D eigenvalue weighted by molar-refractivity contribution is 6.17. The maximum absolute atomic E-state index is 13.9. The lowest BCUT2D eigenvalue weighted by Crippen LogP contribution is -2.44. The molecule has 1 aromatic heterocycles. The fourth-order valence-electron chi connectivity index (χ4n) is 5.14. The number of aromatic nitrogens is 1. The molecule has 0 bridgehead atoms. The zero-order valence-electron chi connectivity index (χ0n) is 20.5. The van der Waals surface area contributed by atoms with E-state index in [9.17, 15) is 9.59 Å². The first-order valence-corrected chi connectivity index (χ1v) is 12.7. The van der Waals surface area contributed by atoms with Gasteiger partial charge in [-0.1, -0.05) is 45.2 Å². The van der Waals surface area contributed by atoms with E-state index in [0.717, 1.165) is 32.7 Å². The van der Waals surface area contributed by atoms with E-state index in [-0.39, 0.29) is 11.8 Å². The normalized spacial score (nSPS) is 16.2. The van der Waals surface area contributed by atoms with Crippen molar-refractivity contribution in [2.24, 2.45) is 5.92 Å². The maximum atomic E-state index is 13.9. The average Bonchev–Trinajstić information content (AvgIpc) is 2.99. The summed E-state index contributed by atoms with van der Waals surface area (Å²) < 4.78 is 0. The lowest BCUT2D eigenvalue weighted by atomic mass is 9.89. The van der Waals surface area contributed by atoms with Crippen molar-refractivity contribution in [3.8, 4) is 0 Å². The van der Waals surface area contributed by atoms with E-state index in [1.165, 1.54) is 32.1 Å². The number of pyridine rings is 1. The molecule has 7 heteroatoms. The minimum Gasteiger partial charge on any atom is -0.319 e. The molecule has 0 saturated heterocycles. The van der Waals surface area contributed by atoms with Crippen LogP contribution in [-0.2, 0) is 4.79 Å². The SMILES string of the molecule is CCN(CC)CCN(CC(=O)N1c2ccccc2C(=O)Nc2cccnc21)CC1CCCCC1. The van der Waals surface area contributed by atoms with Crippen molar-refractivity contribution in [1.82, 2.24) is 14.8 Å². The first-order valence-electron chi connectivity index (χ1n) is 12.7. The number of benzene rings is 1. The Morgan fingerprint density at radius 3 is 2.53 bits per heavy atom. The third-order valence-corrected chi connectivity index (χ3v) is 7.11. The van der Waals surface area contributed by atoms with Gasteiger partial charge in [-0.2, -0.15) is 0 Å². The van der Waals surface area contributed by atoms with Gasteiger partial charge in [-0.15, -0.1) is 0 Å². The minimum atomic E-state index is -0.222. The van der Waals surface area contributed by atoms with Crippen LogP contribution in [0.1, 0.15) is 56.3 Å². The molecule has 2 aliphatic rings. The van der Waals surface area contributed by atoms with Crippen LogP contribution in [0.25, 0.3) is 0 Å². The number of nitrogens with zero attached hydrogens (tertiary/aromatic N) is 4. The summed E-state index contributed by atoms with van der Waals surface area (Å²) >= 11 is 0. The quantitative estimate of drug-likeness (QED) is 0.591. The summed E-state index contributed by atoms with van der Waals surface area (Å²) in [6.07, 6.45) is 8.04. The summed E-state index contributed by atoms with van der Waals surface area (Å²) in [5.74, 6) is 0.843. The summed E-state index contributed by atoms with van der Waals surface area (Å²) in [5, 5.41) is 2.92. The molecule has 34 heavy (non-hydrogen) atoms. The molecule has 1 N–H and O–H groups in total. The molecule has 7 nitrogen and oxygen atoms in total. The number of nitrogens with one attached hydrogen (secondary N) is 1. The predicted octanol–water partition coefficient (Wildman–Crippen LogP) is 4.54. The Morgan fingerprint density at radius 1 is 1.03 bits per heavy atom. The number of rotatable bonds is 9. The highest BCUT2D eigenvalue weighted by atomic mass is 16.2. The summed E-state index contributed by atoms with van der Waals surface area (Å²) in [6.45, 7) is 9.41. The second kappa shape index (κ2) is 11.6. The lowest BCUT2D eigenvalue weighted by Gasteiger charge is -2.32. The number of anilines is 3. The summed E-state index contributed by atoms with van der Waals surface area (Å²) in [5.41, 5.74) is 1.62. The average molecular weight is 464 g/mol. The van der Waals surface area contributed by atoms with E-state index in [4.69, 9.17) is 0 Å². The van der Waals surface area contributed by atoms with Gasteiger partial charge in [0.2, 0.25) is 5.91 Å². The standard InChI is InChI=1S/C27H37N5O2/c1-3-30(4-2)17-18-31(19-21-11-6-5-7-12-21)20-25(33)32-24-15-9-8-13-22(24)27(34)29-23-14-10-16-28-26(23)32/h8-10,13-16,21H,3-7,11-12,17-20H2,1-2H3,(H,29,34). The van der Waals surface area contributed by atoms with E-state index < -0.39 is 0 Å². The van der Waals surface area contributed by atoms with Crippen molar-refractivity contribution in [3.63, 3.8) is 0 Å². The smallest absolute Gasteiger partial charge is 0.257 e. The van der Waals surface area contributed by atoms with Gasteiger partial charge in [0, 0.05) is 25.8 Å². The van der Waals surface area contributed by atoms with Crippen LogP contribution in [0.15, 0.2) is 42.6 Å². The first kappa shape index (κ1) is 24.4. The van der Waals surface area contributed by atoms with Crippen molar-refractivity contribution in [1.29, 1.82) is 0 Å². The number of hydrogen-bond acceptors (Lipinski definition) is 5. The number of hydrogen-bond donors (Lipinski definition) is 1. The number of carbonyl (C=O) groups excluding carboxylic acids is 2. The van der Waals surface area contributed by atoms with E-state index in [2.05, 4.69) is 33.9 Å². The third-order valence-electron chi connectivity index (χ3n) is 7.11. The number of para-hydroxylation sites is 1. The van der Waals surface area contributed by atoms with Crippen molar-refractivity contribution in [2.75, 3.05) is 49.5 Å². The van der Waals surface area contributed by atoms with Gasteiger partial charge in [0.1, 0.15) is 0 Å². The summed E-state index contributed by atoms with van der Waals surface area (Å²) in [7, 11) is 0. The molecule has 2 amide bonds. The van der Waals surface area contributed by atoms with E-state index in [1.807, 2.05) is 18.2 Å². The fourth-order valence-corrected chi connectivity index (χ4v) is 5.14. The van der Waals surface area contributed by atoms with Crippen molar-refractivity contribution >= 4 is 29.0 Å². The van der Waals surface area contributed by atoms with Crippen molar-refractivity contribution in [2.45, 2.75) is 46.0 Å². The van der Waals surface area contributed by atoms with Crippen LogP contribution in [0.2, 0.25) is 0 Å². The molecule has 1 aliphatic heterocycles. The van der Waals surface area contributed by atoms with Crippen LogP contribution in [0.4, 0.5) is 17.2 Å². The molecular weight excluding hydrogens is 426 g/mol. The molecule has 1 aliphatic carbocycles. The zero-order chi connectivity index (χ0) is 23.9. The zero-order valence-corrected chi connectivity index (χ0v) is 20.5. The van der Waals surface area contributed by atoms with Crippen LogP contribution < -0.4 is 10.2 Å². The van der Waals surface area contributed by atoms with Gasteiger partial charge in [0.05, 0.1) is 23.5 Å². The molecule has 1 saturated carbocycles. The molecule has 0 unspecified atom stereocenters. The molecule has 2 aromatic rings. The lowest BCUT2D eigenvalue weighted by molar-refractivity contribution is -0.119. The highest BCUT2D eigenvalue weighted by Gasteiger charge is 2.31. The Labute approximate surface area is 203 Å². The Morgan fingerprint density at radius 2 is 1.76 bits per heavy atom. The number of likely N-dealkylation sites (N-methyl/N-ethyl adjacent to an activating group) is 1. The highest BCUT2D eigenvalue weighted by Crippen LogP contribution is 2.36. The third kappa shape index (κ3) is 5.65. The summed E-state index contributed by atoms with van der Waals surface area (Å²) in [6, 6.07) is 10.9. The van der Waals surface area contributed by atoms with Gasteiger partial charge in [-0.3, -0.25) is 19.4 Å². The Hall–Kier alpha value is -2.77. The maximum Gasteiger partial charge on any atom is 0.257 e. The number of carbonyl (C=O) groups is 2. The summed E-state index contributed by atoms with van der Waals surface area (Å²) in [4.78, 5) is 37.6. The molecule has 4 rings (SSSR count). The van der Waals surface area contributed by atoms with Crippen LogP contribution >= 0.6 is 0 Å². The van der Waals surface area contributed by atoms with Gasteiger partial charge in [0.25, 0.3) is 5.91 Å². The second-order valence-corrected chi connectivity index (χ2v) is 9.34. The molecule has 1 aromatic carbocycles. The molecule has 2 heterocycles. The van der Waals surface area contributed by atoms with Crippen LogP contribution in [0.5, 0.6) is 0 Å². The molecule has 0 spiro atoms. The van der Waals surface area contributed by atoms with Crippen molar-refractivity contribution < 1.29 is 9.59 Å². The van der Waals surface area contributed by atoms with E-state index in [0.29, 0.717) is 35.2 Å². The Bertz CT molecular complexity index is 984. The van der Waals surface area contributed by atoms with E-state index in [1.54, 1.807) is 29.3 Å². The molecule has 0 atom stereocenters. The van der Waals surface area contributed by atoms with Crippen LogP contribution in [0.3, 0.4) is 0 Å². The number of amides is 2. The van der Waals surface area contributed by atoms with Gasteiger partial charge in [0.15, 0.2) is 5.82 Å². The topological polar surface area (TPSA) is 68.8 Å². The van der Waals surface area contributed by atoms with Gasteiger partial charge in [-0.05, 0) is 56.1 Å². The number of fused-ring (bicyclic) bond motifs is 2. The fraction of sp³-hybridized carbons (Fsp3) is 0.519. The predicted molar refractivity (Wildman–Crippen MR) is 137 cm³/mol. The van der Waals surface area contributed by atoms with Crippen LogP contribution in [0, 0.1) is 5.92 Å². The minimum absolute atomic E-state index is 0.0562. The van der Waals surface area contributed by atoms with Gasteiger partial charge in [-0.25, -0.2) is 4.98 Å². The largest absolute Gasteiger partial charge is 0.319 e. The first-order chi connectivity index (χ1) is 16.6. The molecular formula is C27H37N5O2. The van der Waals surface area contributed by atoms with E-state index >= 15 is 0 Å². The molecule has 182 valence electrons. The Kier molecular flexibility index (Phi) is 8.29.